The molecule has 0 amide bonds. The zero-order chi connectivity index (χ0) is 13.8. The third kappa shape index (κ3) is 3.09. The normalized spacial score (nSPS) is 10.4. The number of carbonyl (C=O) groups is 1. The topological polar surface area (TPSA) is 80.0 Å². The molecule has 0 saturated carbocycles. The lowest BCUT2D eigenvalue weighted by molar-refractivity contribution is 0.0696. The molecule has 2 N–H and O–H groups in total. The molecule has 2 rings (SSSR count). The fraction of sp³-hybridized carbons (Fsp3) is 0.308. The van der Waals surface area contributed by atoms with Crippen molar-refractivity contribution in [2.24, 2.45) is 7.05 Å². The van der Waals surface area contributed by atoms with Crippen LogP contribution in [0.4, 0.5) is 5.82 Å². The molecule has 0 saturated heterocycles. The van der Waals surface area contributed by atoms with Crippen molar-refractivity contribution in [3.8, 4) is 0 Å². The predicted octanol–water partition coefficient (Wildman–Crippen LogP) is 1.69. The molecule has 0 bridgehead atoms. The van der Waals surface area contributed by atoms with Gasteiger partial charge in [0, 0.05) is 18.9 Å². The lowest BCUT2D eigenvalue weighted by Gasteiger charge is -2.08. The van der Waals surface area contributed by atoms with Crippen molar-refractivity contribution in [2.45, 2.75) is 19.9 Å². The molecule has 0 atom stereocenters. The smallest absolute Gasteiger partial charge is 0.335 e. The zero-order valence-corrected chi connectivity index (χ0v) is 10.9. The monoisotopic (exact) mass is 260 g/mol. The van der Waals surface area contributed by atoms with E-state index in [1.807, 2.05) is 20.0 Å². The number of hydrogen-bond donors (Lipinski definition) is 2. The summed E-state index contributed by atoms with van der Waals surface area (Å²) < 4.78 is 1.76. The maximum absolute atomic E-state index is 11.0. The Morgan fingerprint density at radius 3 is 2.84 bits per heavy atom. The average molecular weight is 260 g/mol. The summed E-state index contributed by atoms with van der Waals surface area (Å²) in [5, 5.41) is 16.2. The van der Waals surface area contributed by atoms with Crippen LogP contribution < -0.4 is 5.32 Å². The average Bonchev–Trinajstić information content (AvgIpc) is 2.81. The Hall–Kier alpha value is -2.37. The van der Waals surface area contributed by atoms with Crippen LogP contribution in [0.15, 0.2) is 24.4 Å². The number of anilines is 1. The summed E-state index contributed by atoms with van der Waals surface area (Å²) in [6.07, 6.45) is 2.41. The van der Waals surface area contributed by atoms with Crippen molar-refractivity contribution in [1.29, 1.82) is 0 Å². The van der Waals surface area contributed by atoms with E-state index in [1.54, 1.807) is 16.9 Å². The molecule has 2 heterocycles. The minimum Gasteiger partial charge on any atom is -0.478 e. The molecule has 0 spiro atoms. The molecule has 0 aliphatic heterocycles. The highest BCUT2D eigenvalue weighted by atomic mass is 16.4. The molecule has 6 heteroatoms. The molecular formula is C13H16N4O2. The number of aromatic carboxylic acids is 1. The van der Waals surface area contributed by atoms with Crippen LogP contribution in [0, 0.1) is 0 Å². The maximum atomic E-state index is 11.0. The number of rotatable bonds is 5. The Labute approximate surface area is 111 Å². The molecule has 0 radical (unpaired) electrons. The number of aromatic nitrogens is 3. The minimum absolute atomic E-state index is 0.249. The van der Waals surface area contributed by atoms with E-state index in [-0.39, 0.29) is 5.56 Å². The number of carboxylic acid groups (broad SMARTS) is 1. The summed E-state index contributed by atoms with van der Waals surface area (Å²) in [5.41, 5.74) is 2.01. The van der Waals surface area contributed by atoms with Gasteiger partial charge in [0.1, 0.15) is 5.82 Å². The molecule has 0 aliphatic carbocycles. The molecule has 19 heavy (non-hydrogen) atoms. The SMILES string of the molecule is CCc1cc(C(=O)O)cc(NCc2ccnn2C)n1. The van der Waals surface area contributed by atoms with Gasteiger partial charge in [-0.3, -0.25) is 4.68 Å². The summed E-state index contributed by atoms with van der Waals surface area (Å²) in [5.74, 6) is -0.376. The van der Waals surface area contributed by atoms with E-state index >= 15 is 0 Å². The van der Waals surface area contributed by atoms with Crippen LogP contribution in [-0.4, -0.2) is 25.8 Å². The highest BCUT2D eigenvalue weighted by molar-refractivity contribution is 5.88. The standard InChI is InChI=1S/C13H16N4O2/c1-3-10-6-9(13(18)19)7-12(16-10)14-8-11-4-5-15-17(11)2/h4-7H,3,8H2,1-2H3,(H,14,16)(H,18,19). The fourth-order valence-corrected chi connectivity index (χ4v) is 1.74. The number of carboxylic acids is 1. The van der Waals surface area contributed by atoms with Gasteiger partial charge in [-0.25, -0.2) is 9.78 Å². The van der Waals surface area contributed by atoms with Gasteiger partial charge in [0.15, 0.2) is 0 Å². The molecule has 0 fully saturated rings. The first-order valence-corrected chi connectivity index (χ1v) is 6.05. The number of pyridine rings is 1. The molecule has 0 unspecified atom stereocenters. The quantitative estimate of drug-likeness (QED) is 0.855. The lowest BCUT2D eigenvalue weighted by Crippen LogP contribution is -2.09. The van der Waals surface area contributed by atoms with Gasteiger partial charge >= 0.3 is 5.97 Å². The third-order valence-electron chi connectivity index (χ3n) is 2.86. The third-order valence-corrected chi connectivity index (χ3v) is 2.86. The summed E-state index contributed by atoms with van der Waals surface area (Å²) in [4.78, 5) is 15.4. The summed E-state index contributed by atoms with van der Waals surface area (Å²) in [6, 6.07) is 5.03. The number of nitrogens with zero attached hydrogens (tertiary/aromatic N) is 3. The minimum atomic E-state index is -0.944. The molecule has 0 aromatic carbocycles. The zero-order valence-electron chi connectivity index (χ0n) is 10.9. The van der Waals surface area contributed by atoms with E-state index in [0.29, 0.717) is 18.8 Å². The largest absolute Gasteiger partial charge is 0.478 e. The van der Waals surface area contributed by atoms with Crippen LogP contribution in [0.1, 0.15) is 28.7 Å². The fourth-order valence-electron chi connectivity index (χ4n) is 1.74. The molecule has 6 nitrogen and oxygen atoms in total. The van der Waals surface area contributed by atoms with Crippen LogP contribution in [0.5, 0.6) is 0 Å². The number of aryl methyl sites for hydroxylation is 2. The van der Waals surface area contributed by atoms with Crippen molar-refractivity contribution >= 4 is 11.8 Å². The molecule has 100 valence electrons. The highest BCUT2D eigenvalue weighted by Gasteiger charge is 2.08. The Balaban J connectivity index is 2.17. The van der Waals surface area contributed by atoms with Crippen molar-refractivity contribution in [1.82, 2.24) is 14.8 Å². The van der Waals surface area contributed by atoms with Crippen LogP contribution >= 0.6 is 0 Å². The molecule has 2 aromatic rings. The number of hydrogen-bond acceptors (Lipinski definition) is 4. The van der Waals surface area contributed by atoms with E-state index in [9.17, 15) is 4.79 Å². The van der Waals surface area contributed by atoms with Gasteiger partial charge < -0.3 is 10.4 Å². The van der Waals surface area contributed by atoms with Crippen LogP contribution in [0.25, 0.3) is 0 Å². The Bertz CT molecular complexity index is 592. The van der Waals surface area contributed by atoms with Gasteiger partial charge in [-0.2, -0.15) is 5.10 Å². The summed E-state index contributed by atoms with van der Waals surface area (Å²) in [6.45, 7) is 2.49. The second kappa shape index (κ2) is 5.51. The number of nitrogens with one attached hydrogen (secondary N) is 1. The van der Waals surface area contributed by atoms with Crippen LogP contribution in [0.3, 0.4) is 0 Å². The van der Waals surface area contributed by atoms with Gasteiger partial charge in [-0.1, -0.05) is 6.92 Å². The molecule has 0 aliphatic rings. The van der Waals surface area contributed by atoms with E-state index in [2.05, 4.69) is 15.4 Å². The summed E-state index contributed by atoms with van der Waals surface area (Å²) >= 11 is 0. The highest BCUT2D eigenvalue weighted by Crippen LogP contribution is 2.12. The van der Waals surface area contributed by atoms with Gasteiger partial charge in [0.05, 0.1) is 17.8 Å². The Morgan fingerprint density at radius 2 is 2.26 bits per heavy atom. The molecular weight excluding hydrogens is 244 g/mol. The summed E-state index contributed by atoms with van der Waals surface area (Å²) in [7, 11) is 1.86. The Kier molecular flexibility index (Phi) is 3.79. The maximum Gasteiger partial charge on any atom is 0.335 e. The Morgan fingerprint density at radius 1 is 1.47 bits per heavy atom. The second-order valence-corrected chi connectivity index (χ2v) is 4.19. The van der Waals surface area contributed by atoms with Gasteiger partial charge in [0.2, 0.25) is 0 Å². The van der Waals surface area contributed by atoms with E-state index in [0.717, 1.165) is 11.4 Å². The second-order valence-electron chi connectivity index (χ2n) is 4.19. The van der Waals surface area contributed by atoms with Gasteiger partial charge in [-0.15, -0.1) is 0 Å². The van der Waals surface area contributed by atoms with Crippen LogP contribution in [0.2, 0.25) is 0 Å². The predicted molar refractivity (Wildman–Crippen MR) is 71.1 cm³/mol. The van der Waals surface area contributed by atoms with Crippen molar-refractivity contribution in [3.05, 3.63) is 41.3 Å². The van der Waals surface area contributed by atoms with E-state index in [4.69, 9.17) is 5.11 Å². The first-order chi connectivity index (χ1) is 9.10. The van der Waals surface area contributed by atoms with Crippen LogP contribution in [-0.2, 0) is 20.0 Å². The molecule has 2 aromatic heterocycles. The van der Waals surface area contributed by atoms with Gasteiger partial charge in [-0.05, 0) is 24.6 Å². The first-order valence-electron chi connectivity index (χ1n) is 6.05. The van der Waals surface area contributed by atoms with Gasteiger partial charge in [0.25, 0.3) is 0 Å². The first kappa shape index (κ1) is 13.1. The van der Waals surface area contributed by atoms with Crippen molar-refractivity contribution in [2.75, 3.05) is 5.32 Å². The van der Waals surface area contributed by atoms with Crippen molar-refractivity contribution in [3.63, 3.8) is 0 Å². The van der Waals surface area contributed by atoms with E-state index < -0.39 is 5.97 Å². The lowest BCUT2D eigenvalue weighted by atomic mass is 10.2. The van der Waals surface area contributed by atoms with Crippen molar-refractivity contribution < 1.29 is 9.90 Å². The van der Waals surface area contributed by atoms with E-state index in [1.165, 1.54) is 6.07 Å².